The molecule has 70 valence electrons. The van der Waals surface area contributed by atoms with Crippen molar-refractivity contribution < 1.29 is 14.6 Å². The third-order valence-corrected chi connectivity index (χ3v) is 1.71. The first-order chi connectivity index (χ1) is 5.88. The number of nitrogens with zero attached hydrogens (tertiary/aromatic N) is 1. The van der Waals surface area contributed by atoms with Gasteiger partial charge in [0.05, 0.1) is 18.8 Å². The van der Waals surface area contributed by atoms with E-state index in [-0.39, 0.29) is 25.5 Å². The summed E-state index contributed by atoms with van der Waals surface area (Å²) in [6, 6.07) is -0.120. The average Bonchev–Trinajstić information content (AvgIpc) is 2.15. The topological polar surface area (TPSA) is 63.1 Å². The predicted octanol–water partition coefficient (Wildman–Crippen LogP) is -0.685. The fraction of sp³-hybridized carbons (Fsp3) is 0.857. The highest BCUT2D eigenvalue weighted by Gasteiger charge is 2.22. The summed E-state index contributed by atoms with van der Waals surface area (Å²) in [6.45, 7) is 0.266. The molecule has 0 saturated carbocycles. The zero-order chi connectivity index (χ0) is 8.81. The van der Waals surface area contributed by atoms with Crippen molar-refractivity contribution in [1.29, 1.82) is 0 Å². The highest BCUT2D eigenvalue weighted by atomic mass is 16.7. The molecule has 5 heteroatoms. The molecule has 0 aromatic carbocycles. The van der Waals surface area contributed by atoms with Gasteiger partial charge in [-0.15, -0.1) is 0 Å². The van der Waals surface area contributed by atoms with Gasteiger partial charge in [0.1, 0.15) is 6.79 Å². The summed E-state index contributed by atoms with van der Waals surface area (Å²) in [5.41, 5.74) is 2.77. The summed E-state index contributed by atoms with van der Waals surface area (Å²) >= 11 is 0. The number of aliphatic hydroxyl groups excluding tert-OH is 1. The van der Waals surface area contributed by atoms with E-state index in [4.69, 9.17) is 14.6 Å². The molecular weight excluding hydrogens is 160 g/mol. The van der Waals surface area contributed by atoms with Crippen molar-refractivity contribution in [3.05, 3.63) is 0 Å². The Bertz CT molecular complexity index is 152. The smallest absolute Gasteiger partial charge is 0.146 e. The Balaban J connectivity index is 2.33. The van der Waals surface area contributed by atoms with Gasteiger partial charge in [-0.25, -0.2) is 0 Å². The Morgan fingerprint density at radius 1 is 1.75 bits per heavy atom. The number of ether oxygens (including phenoxy) is 2. The maximum atomic E-state index is 8.90. The molecule has 12 heavy (non-hydrogen) atoms. The van der Waals surface area contributed by atoms with Gasteiger partial charge in [-0.3, -0.25) is 0 Å². The van der Waals surface area contributed by atoms with E-state index < -0.39 is 0 Å². The van der Waals surface area contributed by atoms with Crippen LogP contribution in [-0.2, 0) is 9.47 Å². The number of hydrogen-bond donors (Lipinski definition) is 2. The van der Waals surface area contributed by atoms with Crippen molar-refractivity contribution in [1.82, 2.24) is 5.43 Å². The van der Waals surface area contributed by atoms with E-state index in [9.17, 15) is 0 Å². The van der Waals surface area contributed by atoms with Crippen molar-refractivity contribution >= 4 is 6.21 Å². The fourth-order valence-electron chi connectivity index (χ4n) is 1.05. The molecular formula is C7H14N2O3. The SMILES string of the molecule is COCO[C@H]1CC=NN[C@@H]1CO. The lowest BCUT2D eigenvalue weighted by Crippen LogP contribution is -2.45. The summed E-state index contributed by atoms with van der Waals surface area (Å²) in [5, 5.41) is 12.7. The maximum Gasteiger partial charge on any atom is 0.146 e. The highest BCUT2D eigenvalue weighted by Crippen LogP contribution is 2.06. The van der Waals surface area contributed by atoms with E-state index in [0.717, 1.165) is 0 Å². The molecule has 0 saturated heterocycles. The molecule has 0 aromatic heterocycles. The monoisotopic (exact) mass is 174 g/mol. The van der Waals surface area contributed by atoms with Crippen LogP contribution in [0, 0.1) is 0 Å². The van der Waals surface area contributed by atoms with Crippen molar-refractivity contribution in [2.24, 2.45) is 5.10 Å². The second kappa shape index (κ2) is 5.08. The number of nitrogens with one attached hydrogen (secondary N) is 1. The number of aliphatic hydroxyl groups is 1. The molecule has 1 aliphatic heterocycles. The normalized spacial score (nSPS) is 28.5. The second-order valence-corrected chi connectivity index (χ2v) is 2.58. The molecule has 0 aliphatic carbocycles. The van der Waals surface area contributed by atoms with Gasteiger partial charge in [0.25, 0.3) is 0 Å². The Morgan fingerprint density at radius 2 is 2.58 bits per heavy atom. The van der Waals surface area contributed by atoms with Crippen LogP contribution in [0.1, 0.15) is 6.42 Å². The molecule has 5 nitrogen and oxygen atoms in total. The van der Waals surface area contributed by atoms with Crippen molar-refractivity contribution in [2.45, 2.75) is 18.6 Å². The molecule has 1 heterocycles. The van der Waals surface area contributed by atoms with Crippen LogP contribution in [-0.4, -0.2) is 44.0 Å². The minimum Gasteiger partial charge on any atom is -0.394 e. The molecule has 2 atom stereocenters. The van der Waals surface area contributed by atoms with Crippen LogP contribution in [0.2, 0.25) is 0 Å². The van der Waals surface area contributed by atoms with Crippen LogP contribution in [0.15, 0.2) is 5.10 Å². The third kappa shape index (κ3) is 2.44. The van der Waals surface area contributed by atoms with E-state index in [1.807, 2.05) is 0 Å². The molecule has 0 bridgehead atoms. The summed E-state index contributed by atoms with van der Waals surface area (Å²) in [6.07, 6.45) is 2.39. The van der Waals surface area contributed by atoms with Crippen molar-refractivity contribution in [3.8, 4) is 0 Å². The molecule has 0 unspecified atom stereocenters. The average molecular weight is 174 g/mol. The zero-order valence-corrected chi connectivity index (χ0v) is 7.06. The third-order valence-electron chi connectivity index (χ3n) is 1.71. The highest BCUT2D eigenvalue weighted by molar-refractivity contribution is 5.58. The van der Waals surface area contributed by atoms with Gasteiger partial charge in [-0.1, -0.05) is 0 Å². The lowest BCUT2D eigenvalue weighted by molar-refractivity contribution is -0.0868. The van der Waals surface area contributed by atoms with Crippen LogP contribution in [0.5, 0.6) is 0 Å². The molecule has 0 aromatic rings. The van der Waals surface area contributed by atoms with Gasteiger partial charge in [0.2, 0.25) is 0 Å². The molecule has 0 fully saturated rings. The lowest BCUT2D eigenvalue weighted by atomic mass is 10.1. The second-order valence-electron chi connectivity index (χ2n) is 2.58. The predicted molar refractivity (Wildman–Crippen MR) is 43.9 cm³/mol. The molecule has 1 aliphatic rings. The Hall–Kier alpha value is -0.650. The van der Waals surface area contributed by atoms with Crippen LogP contribution in [0.4, 0.5) is 0 Å². The Morgan fingerprint density at radius 3 is 3.25 bits per heavy atom. The Kier molecular flexibility index (Phi) is 3.99. The minimum atomic E-state index is -0.120. The first-order valence-corrected chi connectivity index (χ1v) is 3.87. The first kappa shape index (κ1) is 9.44. The molecule has 1 rings (SSSR count). The number of hydrogen-bond acceptors (Lipinski definition) is 5. The van der Waals surface area contributed by atoms with Gasteiger partial charge >= 0.3 is 0 Å². The van der Waals surface area contributed by atoms with Gasteiger partial charge in [0, 0.05) is 19.7 Å². The Labute approximate surface area is 71.4 Å². The molecule has 0 radical (unpaired) electrons. The molecule has 0 spiro atoms. The summed E-state index contributed by atoms with van der Waals surface area (Å²) in [5.74, 6) is 0. The number of rotatable bonds is 4. The quantitative estimate of drug-likeness (QED) is 0.554. The largest absolute Gasteiger partial charge is 0.394 e. The van der Waals surface area contributed by atoms with Crippen LogP contribution < -0.4 is 5.43 Å². The van der Waals surface area contributed by atoms with Crippen LogP contribution in [0.3, 0.4) is 0 Å². The molecule has 2 N–H and O–H groups in total. The van der Waals surface area contributed by atoms with Gasteiger partial charge in [-0.2, -0.15) is 5.10 Å². The molecule has 0 amide bonds. The van der Waals surface area contributed by atoms with Gasteiger partial charge in [0.15, 0.2) is 0 Å². The van der Waals surface area contributed by atoms with E-state index in [1.54, 1.807) is 13.3 Å². The van der Waals surface area contributed by atoms with E-state index in [0.29, 0.717) is 6.42 Å². The first-order valence-electron chi connectivity index (χ1n) is 3.87. The summed E-state index contributed by atoms with van der Waals surface area (Å²) in [7, 11) is 1.57. The fourth-order valence-corrected chi connectivity index (χ4v) is 1.05. The minimum absolute atomic E-state index is 0.0196. The lowest BCUT2D eigenvalue weighted by Gasteiger charge is -2.26. The van der Waals surface area contributed by atoms with Gasteiger partial charge < -0.3 is 20.0 Å². The van der Waals surface area contributed by atoms with Crippen molar-refractivity contribution in [2.75, 3.05) is 20.5 Å². The number of hydrazone groups is 1. The van der Waals surface area contributed by atoms with Gasteiger partial charge in [-0.05, 0) is 0 Å². The summed E-state index contributed by atoms with van der Waals surface area (Å²) in [4.78, 5) is 0. The van der Waals surface area contributed by atoms with Crippen molar-refractivity contribution in [3.63, 3.8) is 0 Å². The maximum absolute atomic E-state index is 8.90. The standard InChI is InChI=1S/C7H14N2O3/c1-11-5-12-7-2-3-8-9-6(7)4-10/h3,6-7,9-10H,2,4-5H2,1H3/t6-,7+/m1/s1. The van der Waals surface area contributed by atoms with Crippen LogP contribution >= 0.6 is 0 Å². The van der Waals surface area contributed by atoms with E-state index in [1.165, 1.54) is 0 Å². The van der Waals surface area contributed by atoms with E-state index in [2.05, 4.69) is 10.5 Å². The zero-order valence-electron chi connectivity index (χ0n) is 7.06. The number of methoxy groups -OCH3 is 1. The van der Waals surface area contributed by atoms with E-state index >= 15 is 0 Å². The summed E-state index contributed by atoms with van der Waals surface area (Å²) < 4.78 is 10.1. The van der Waals surface area contributed by atoms with Crippen LogP contribution in [0.25, 0.3) is 0 Å².